The van der Waals surface area contributed by atoms with Crippen molar-refractivity contribution in [2.45, 2.75) is 122 Å². The molecule has 0 fully saturated rings. The number of amides is 6. The Balaban J connectivity index is -0.000000316. The summed E-state index contributed by atoms with van der Waals surface area (Å²) in [6.07, 6.45) is 2.41. The molecule has 0 radical (unpaired) electrons. The molecule has 18 N–H and O–H groups in total. The van der Waals surface area contributed by atoms with E-state index < -0.39 is 73.9 Å². The molecule has 0 aliphatic carbocycles. The summed E-state index contributed by atoms with van der Waals surface area (Å²) in [6, 6.07) is 11.7. The van der Waals surface area contributed by atoms with Gasteiger partial charge in [-0.15, -0.1) is 0 Å². The van der Waals surface area contributed by atoms with Gasteiger partial charge in [0.25, 0.3) is 0 Å². The summed E-state index contributed by atoms with van der Waals surface area (Å²) >= 11 is 4.01. The number of hydrogen-bond donors (Lipinski definition) is 17. The number of benzene rings is 2. The van der Waals surface area contributed by atoms with Crippen LogP contribution in [0.25, 0.3) is 0 Å². The Morgan fingerprint density at radius 3 is 1.17 bits per heavy atom. The van der Waals surface area contributed by atoms with Crippen molar-refractivity contribution in [2.75, 3.05) is 43.4 Å². The quantitative estimate of drug-likeness (QED) is 0.0220. The Hall–Kier alpha value is -8.69. The van der Waals surface area contributed by atoms with Crippen LogP contribution in [0, 0.1) is 5.92 Å². The third kappa shape index (κ3) is 60.9. The van der Waals surface area contributed by atoms with Crippen LogP contribution in [0.4, 0.5) is 20.1 Å². The number of aliphatic carboxylic acids is 6. The predicted octanol–water partition coefficient (Wildman–Crippen LogP) is 1.58. The second kappa shape index (κ2) is 53.6. The van der Waals surface area contributed by atoms with Gasteiger partial charge in [0, 0.05) is 81.5 Å². The average molecular weight is 1240 g/mol. The van der Waals surface area contributed by atoms with Crippen LogP contribution in [0.3, 0.4) is 0 Å². The average Bonchev–Trinajstić information content (AvgIpc) is 3.42. The zero-order valence-electron chi connectivity index (χ0n) is 46.4. The number of anilines is 1. The third-order valence-corrected chi connectivity index (χ3v) is 12.4. The summed E-state index contributed by atoms with van der Waals surface area (Å²) in [4.78, 5) is 155. The van der Waals surface area contributed by atoms with E-state index in [1.54, 1.807) is 45.0 Å². The van der Waals surface area contributed by atoms with Crippen molar-refractivity contribution in [3.05, 3.63) is 59.7 Å². The minimum Gasteiger partial charge on any atom is -0.508 e. The van der Waals surface area contributed by atoms with Gasteiger partial charge < -0.3 is 84.0 Å². The van der Waals surface area contributed by atoms with Crippen molar-refractivity contribution in [1.82, 2.24) is 31.9 Å². The molecule has 6 amide bonds. The van der Waals surface area contributed by atoms with Crippen LogP contribution < -0.4 is 43.4 Å². The highest BCUT2D eigenvalue weighted by atomic mass is 32.1. The number of thiol groups is 1. The molecule has 0 saturated heterocycles. The fraction of sp³-hybridized carbons (Fsp3) is 0.520. The number of phenols is 1. The minimum atomic E-state index is -3.87. The van der Waals surface area contributed by atoms with Crippen LogP contribution >= 0.6 is 20.0 Å². The Kier molecular flexibility index (Phi) is 53.7. The number of phenolic OH excluding ortho intramolecular Hbond substituents is 1. The maximum absolute atomic E-state index is 11.8. The number of nitrogens with one attached hydrogen (secondary N) is 6. The van der Waals surface area contributed by atoms with Crippen molar-refractivity contribution in [3.63, 3.8) is 0 Å². The standard InChI is InChI=1S/C14H21N3O3.C14H20N2O4.C10H18NO8P.C9H18N2O3S.3CO2/c1-10(2-7-13(18)19)17-14(20)16-9-8-11-3-5-12(15)6-4-11;1-10(2-7-13(18)19)16-14(20)15-9-8-11-3-5-12(17)6-4-11;11-7(10(16)17)3-4-20(18,19)5-6(9(14)15)1-2-8(12)13;1-7(3-4-8(12)13)11-9(14)10-5-2-6-15;3*2-1-3/h3-6,10H,2,7-9,15H2,1H3,(H,18,19)(H2,16,17,20);3-6,10,17H,2,7-9H2,1H3,(H,18,19)(H2,15,16,20);6-7H,1-5,11H2,(H,12,13)(H,14,15)(H,16,17)(H,18,19);7,15H,2-6H2,1H3,(H,12,13)(H2,10,11,14);;;/t2*10-;;7-;;;/m11.1.../s1. The summed E-state index contributed by atoms with van der Waals surface area (Å²) in [7, 11) is -3.87. The van der Waals surface area contributed by atoms with Gasteiger partial charge in [-0.25, -0.2) is 14.4 Å². The normalized spacial score (nSPS) is 12.0. The fourth-order valence-corrected chi connectivity index (χ4v) is 7.87. The molecule has 2 aromatic carbocycles. The van der Waals surface area contributed by atoms with E-state index in [4.69, 9.17) is 76.0 Å². The van der Waals surface area contributed by atoms with Crippen molar-refractivity contribution >= 4 is 98.0 Å². The highest BCUT2D eigenvalue weighted by molar-refractivity contribution is 7.80. The van der Waals surface area contributed by atoms with E-state index >= 15 is 0 Å². The Morgan fingerprint density at radius 1 is 0.536 bits per heavy atom. The molecular weight excluding hydrogens is 1160 g/mol. The minimum absolute atomic E-state index is 0.0367. The number of nitrogen functional groups attached to an aromatic ring is 1. The van der Waals surface area contributed by atoms with Gasteiger partial charge in [0.2, 0.25) is 7.37 Å². The molecule has 472 valence electrons. The lowest BCUT2D eigenvalue weighted by Crippen LogP contribution is -2.41. The van der Waals surface area contributed by atoms with Gasteiger partial charge in [-0.2, -0.15) is 41.4 Å². The SMILES string of the molecule is C[C@H](CCC(=O)O)NC(=O)NCCCS.C[C@H](CCC(=O)O)NC(=O)NCCc1ccc(N)cc1.C[C@H](CCC(=O)O)NC(=O)NCCc1ccc(O)cc1.NC(CCP(=O)(O)CC(CCC(=O)O)C(=O)O)C(=O)O.O=C=O.O=C=O.O=C=O. The molecule has 0 spiro atoms. The first kappa shape index (κ1) is 84.1. The number of urea groups is 3. The second-order valence-electron chi connectivity index (χ2n) is 17.4. The van der Waals surface area contributed by atoms with E-state index in [1.807, 2.05) is 24.3 Å². The Bertz CT molecular complexity index is 2290. The van der Waals surface area contributed by atoms with E-state index in [0.717, 1.165) is 29.7 Å². The van der Waals surface area contributed by atoms with Gasteiger partial charge in [0.15, 0.2) is 0 Å². The van der Waals surface area contributed by atoms with Gasteiger partial charge >= 0.3 is 72.4 Å². The molecule has 3 unspecified atom stereocenters. The van der Waals surface area contributed by atoms with Crippen LogP contribution in [-0.2, 0) is 74.9 Å². The number of carboxylic acids is 6. The number of carbonyl (C=O) groups excluding carboxylic acids is 9. The molecule has 2 aromatic rings. The smallest absolute Gasteiger partial charge is 0.373 e. The summed E-state index contributed by atoms with van der Waals surface area (Å²) < 4.78 is 11.8. The van der Waals surface area contributed by atoms with E-state index in [0.29, 0.717) is 51.0 Å². The molecule has 0 saturated carbocycles. The van der Waals surface area contributed by atoms with Crippen LogP contribution in [0.15, 0.2) is 48.5 Å². The molecular formula is C50H77N8O24PS. The van der Waals surface area contributed by atoms with Gasteiger partial charge in [0.1, 0.15) is 11.8 Å². The largest absolute Gasteiger partial charge is 0.508 e. The summed E-state index contributed by atoms with van der Waals surface area (Å²) in [5.74, 6) is -6.76. The molecule has 2 rings (SSSR count). The van der Waals surface area contributed by atoms with E-state index in [1.165, 1.54) is 0 Å². The first-order valence-electron chi connectivity index (χ1n) is 25.0. The van der Waals surface area contributed by atoms with Gasteiger partial charge in [-0.05, 0) is 113 Å². The van der Waals surface area contributed by atoms with Gasteiger partial charge in [-0.3, -0.25) is 33.3 Å². The summed E-state index contributed by atoms with van der Waals surface area (Å²) in [5.41, 5.74) is 13.6. The lowest BCUT2D eigenvalue weighted by Gasteiger charge is -2.17. The topological polar surface area (TPSA) is 559 Å². The molecule has 0 bridgehead atoms. The lowest BCUT2D eigenvalue weighted by atomic mass is 10.1. The molecule has 0 heterocycles. The summed E-state index contributed by atoms with van der Waals surface area (Å²) in [5, 5.41) is 76.7. The number of aromatic hydroxyl groups is 1. The van der Waals surface area contributed by atoms with E-state index in [9.17, 15) is 52.6 Å². The second-order valence-corrected chi connectivity index (χ2v) is 20.3. The lowest BCUT2D eigenvalue weighted by molar-refractivity contribution is -0.193. The van der Waals surface area contributed by atoms with Gasteiger partial charge in [-0.1, -0.05) is 24.3 Å². The predicted molar refractivity (Wildman–Crippen MR) is 296 cm³/mol. The highest BCUT2D eigenvalue weighted by Crippen LogP contribution is 2.44. The van der Waals surface area contributed by atoms with E-state index in [2.05, 4.69) is 44.5 Å². The van der Waals surface area contributed by atoms with Crippen LogP contribution in [0.2, 0.25) is 0 Å². The van der Waals surface area contributed by atoms with Crippen LogP contribution in [0.5, 0.6) is 5.75 Å². The Morgan fingerprint density at radius 2 is 0.857 bits per heavy atom. The van der Waals surface area contributed by atoms with Crippen molar-refractivity contribution in [1.29, 1.82) is 0 Å². The number of carboxylic acid groups (broad SMARTS) is 6. The molecule has 0 aliphatic rings. The van der Waals surface area contributed by atoms with Crippen molar-refractivity contribution < 1.29 is 117 Å². The number of carbonyl (C=O) groups is 9. The molecule has 0 aromatic heterocycles. The molecule has 0 aliphatic heterocycles. The Labute approximate surface area is 488 Å². The maximum Gasteiger partial charge on any atom is 0.373 e. The monoisotopic (exact) mass is 1240 g/mol. The molecule has 84 heavy (non-hydrogen) atoms. The fourth-order valence-electron chi connectivity index (χ4n) is 5.82. The van der Waals surface area contributed by atoms with Crippen LogP contribution in [0.1, 0.15) is 96.1 Å². The number of hydrogen-bond acceptors (Lipinski definition) is 20. The molecule has 32 nitrogen and oxygen atoms in total. The third-order valence-electron chi connectivity index (χ3n) is 10.1. The zero-order chi connectivity index (χ0) is 65.6. The van der Waals surface area contributed by atoms with E-state index in [-0.39, 0.29) is 92.5 Å². The number of nitrogens with two attached hydrogens (primary N) is 2. The first-order chi connectivity index (χ1) is 39.3. The zero-order valence-corrected chi connectivity index (χ0v) is 48.2. The van der Waals surface area contributed by atoms with Crippen molar-refractivity contribution in [2.24, 2.45) is 11.7 Å². The highest BCUT2D eigenvalue weighted by Gasteiger charge is 2.30. The molecule has 34 heteroatoms. The maximum atomic E-state index is 11.8. The van der Waals surface area contributed by atoms with Crippen molar-refractivity contribution in [3.8, 4) is 5.75 Å². The van der Waals surface area contributed by atoms with Crippen LogP contribution in [-0.4, -0.2) is 175 Å². The molecule has 6 atom stereocenters. The summed E-state index contributed by atoms with van der Waals surface area (Å²) in [6.45, 7) is 6.90. The van der Waals surface area contributed by atoms with Gasteiger partial charge in [0.05, 0.1) is 5.92 Å². The first-order valence-corrected chi connectivity index (χ1v) is 27.7. The number of rotatable bonds is 31.